The van der Waals surface area contributed by atoms with Crippen molar-refractivity contribution in [2.75, 3.05) is 13.2 Å². The Hall–Kier alpha value is -3.44. The highest BCUT2D eigenvalue weighted by molar-refractivity contribution is 6.32. The predicted octanol–water partition coefficient (Wildman–Crippen LogP) is 5.45. The number of ether oxygens (including phenoxy) is 1. The number of carbonyl (C=O) groups excluding carboxylic acids is 1. The number of amides is 1. The Labute approximate surface area is 187 Å². The molecule has 0 spiro atoms. The second-order valence-electron chi connectivity index (χ2n) is 5.36. The number of rotatable bonds is 0. The van der Waals surface area contributed by atoms with Gasteiger partial charge in [-0.1, -0.05) is 53.2 Å². The number of alkyl carbamates (subject to hydrolysis) is 1. The Morgan fingerprint density at radius 1 is 0.867 bits per heavy atom. The van der Waals surface area contributed by atoms with Crippen LogP contribution in [0.2, 0.25) is 10.0 Å². The molecule has 2 heterocycles. The van der Waals surface area contributed by atoms with Crippen LogP contribution in [-0.2, 0) is 4.74 Å². The van der Waals surface area contributed by atoms with Crippen LogP contribution in [0.5, 0.6) is 0 Å². The van der Waals surface area contributed by atoms with Gasteiger partial charge in [-0.05, 0) is 48.5 Å². The minimum Gasteiger partial charge on any atom is -0.448 e. The molecule has 1 saturated heterocycles. The summed E-state index contributed by atoms with van der Waals surface area (Å²) in [6.45, 7) is 1.19. The van der Waals surface area contributed by atoms with Crippen molar-refractivity contribution >= 4 is 29.3 Å². The van der Waals surface area contributed by atoms with E-state index in [1.54, 1.807) is 36.7 Å². The first-order valence-corrected chi connectivity index (χ1v) is 9.51. The van der Waals surface area contributed by atoms with Crippen molar-refractivity contribution in [1.82, 2.24) is 10.3 Å². The Kier molecular flexibility index (Phi) is 12.7. The third-order valence-electron chi connectivity index (χ3n) is 3.19. The van der Waals surface area contributed by atoms with E-state index in [0.717, 1.165) is 21.2 Å². The average Bonchev–Trinajstić information content (AvgIpc) is 3.29. The topological polar surface area (TPSA) is 51.2 Å². The normalized spacial score (nSPS) is 10.6. The van der Waals surface area contributed by atoms with E-state index >= 15 is 0 Å². The van der Waals surface area contributed by atoms with Crippen molar-refractivity contribution in [2.24, 2.45) is 0 Å². The fraction of sp³-hybridized carbons (Fsp3) is 0.0833. The lowest BCUT2D eigenvalue weighted by molar-refractivity contribution is 0.178. The maximum atomic E-state index is 9.91. The summed E-state index contributed by atoms with van der Waals surface area (Å²) in [7, 11) is 0. The molecular formula is C24H20Cl2N2O2. The molecule has 1 N–H and O–H groups in total. The van der Waals surface area contributed by atoms with Crippen LogP contribution >= 0.6 is 23.2 Å². The monoisotopic (exact) mass is 438 g/mol. The molecule has 6 heteroatoms. The first kappa shape index (κ1) is 24.6. The second kappa shape index (κ2) is 15.5. The molecule has 0 saturated carbocycles. The van der Waals surface area contributed by atoms with Gasteiger partial charge in [0.25, 0.3) is 0 Å². The van der Waals surface area contributed by atoms with Crippen molar-refractivity contribution in [2.45, 2.75) is 0 Å². The van der Waals surface area contributed by atoms with E-state index in [2.05, 4.69) is 39.7 Å². The molecule has 2 aromatic carbocycles. The lowest BCUT2D eigenvalue weighted by Crippen LogP contribution is -2.11. The van der Waals surface area contributed by atoms with Gasteiger partial charge in [-0.15, -0.1) is 12.8 Å². The highest BCUT2D eigenvalue weighted by Gasteiger charge is 2.06. The van der Waals surface area contributed by atoms with Gasteiger partial charge in [0.05, 0.1) is 6.54 Å². The van der Waals surface area contributed by atoms with Gasteiger partial charge < -0.3 is 10.1 Å². The predicted molar refractivity (Wildman–Crippen MR) is 122 cm³/mol. The molecule has 0 atom stereocenters. The van der Waals surface area contributed by atoms with Gasteiger partial charge in [-0.25, -0.2) is 4.79 Å². The summed E-state index contributed by atoms with van der Waals surface area (Å²) < 4.78 is 4.40. The summed E-state index contributed by atoms with van der Waals surface area (Å²) in [5.74, 6) is 6.12. The number of nitrogens with zero attached hydrogens (tertiary/aromatic N) is 1. The van der Waals surface area contributed by atoms with E-state index in [0.29, 0.717) is 13.2 Å². The van der Waals surface area contributed by atoms with Gasteiger partial charge in [0.15, 0.2) is 0 Å². The number of nitrogens with one attached hydrogen (secondary N) is 1. The third kappa shape index (κ3) is 11.4. The first-order valence-electron chi connectivity index (χ1n) is 8.75. The number of benzene rings is 2. The lowest BCUT2D eigenvalue weighted by atomic mass is 10.2. The second-order valence-corrected chi connectivity index (χ2v) is 6.23. The molecule has 0 aliphatic carbocycles. The number of hydrogen-bond donors (Lipinski definition) is 1. The van der Waals surface area contributed by atoms with Crippen LogP contribution in [0.4, 0.5) is 4.79 Å². The van der Waals surface area contributed by atoms with Gasteiger partial charge in [0.2, 0.25) is 0 Å². The summed E-state index contributed by atoms with van der Waals surface area (Å²) in [6.07, 6.45) is 11.2. The van der Waals surface area contributed by atoms with Gasteiger partial charge in [0, 0.05) is 33.6 Å². The van der Waals surface area contributed by atoms with Crippen molar-refractivity contribution in [3.8, 4) is 24.7 Å². The lowest BCUT2D eigenvalue weighted by Gasteiger charge is -1.87. The quantitative estimate of drug-likeness (QED) is 0.474. The van der Waals surface area contributed by atoms with Gasteiger partial charge in [0.1, 0.15) is 6.61 Å². The highest BCUT2D eigenvalue weighted by atomic mass is 35.5. The van der Waals surface area contributed by atoms with Crippen molar-refractivity contribution in [3.63, 3.8) is 0 Å². The molecule has 1 aliphatic heterocycles. The SMILES string of the molecule is C#C.C(#Cc1cccnc1)c1ccccc1.Clc1ccc(Cl)cc1.O=C1NCCO1. The molecule has 4 nitrogen and oxygen atoms in total. The Morgan fingerprint density at radius 2 is 1.43 bits per heavy atom. The van der Waals surface area contributed by atoms with E-state index < -0.39 is 0 Å². The van der Waals surface area contributed by atoms with Crippen LogP contribution in [-0.4, -0.2) is 24.2 Å². The Bertz CT molecular complexity index is 876. The Balaban J connectivity index is 0.000000238. The summed E-state index contributed by atoms with van der Waals surface area (Å²) in [6, 6.07) is 20.8. The molecule has 0 bridgehead atoms. The Morgan fingerprint density at radius 3 is 1.87 bits per heavy atom. The van der Waals surface area contributed by atoms with E-state index in [-0.39, 0.29) is 6.09 Å². The number of hydrogen-bond acceptors (Lipinski definition) is 3. The molecule has 1 aromatic heterocycles. The molecule has 3 aromatic rings. The molecule has 1 amide bonds. The maximum absolute atomic E-state index is 9.91. The first-order chi connectivity index (χ1) is 14.6. The average molecular weight is 439 g/mol. The summed E-state index contributed by atoms with van der Waals surface area (Å²) >= 11 is 11.1. The standard InChI is InChI=1S/C13H9N.C6H4Cl2.C3H5NO2.C2H2/c1-2-5-12(6-3-1)8-9-13-7-4-10-14-11-13;7-5-1-2-6(8)4-3-5;5-3-4-1-2-6-3;1-2/h1-7,10-11H;1-4H;1-2H2,(H,4,5);1-2H. The van der Waals surface area contributed by atoms with Crippen LogP contribution in [0.3, 0.4) is 0 Å². The summed E-state index contributed by atoms with van der Waals surface area (Å²) in [5, 5.41) is 3.89. The van der Waals surface area contributed by atoms with Crippen molar-refractivity contribution in [1.29, 1.82) is 0 Å². The van der Waals surface area contributed by atoms with E-state index in [1.807, 2.05) is 42.5 Å². The number of terminal acetylenes is 1. The molecule has 1 fully saturated rings. The summed E-state index contributed by atoms with van der Waals surface area (Å²) in [5.41, 5.74) is 1.97. The highest BCUT2D eigenvalue weighted by Crippen LogP contribution is 2.12. The minimum atomic E-state index is -0.296. The molecular weight excluding hydrogens is 419 g/mol. The molecule has 0 unspecified atom stereocenters. The largest absolute Gasteiger partial charge is 0.448 e. The van der Waals surface area contributed by atoms with E-state index in [1.165, 1.54) is 0 Å². The van der Waals surface area contributed by atoms with Crippen LogP contribution in [0, 0.1) is 24.7 Å². The molecule has 0 radical (unpaired) electrons. The molecule has 4 rings (SSSR count). The number of carbonyl (C=O) groups is 1. The van der Waals surface area contributed by atoms with Crippen LogP contribution in [0.1, 0.15) is 11.1 Å². The zero-order valence-electron chi connectivity index (χ0n) is 16.1. The summed E-state index contributed by atoms with van der Waals surface area (Å²) in [4.78, 5) is 13.9. The van der Waals surface area contributed by atoms with Crippen molar-refractivity contribution < 1.29 is 9.53 Å². The van der Waals surface area contributed by atoms with Crippen LogP contribution in [0.15, 0.2) is 79.1 Å². The van der Waals surface area contributed by atoms with E-state index in [4.69, 9.17) is 23.2 Å². The fourth-order valence-electron chi connectivity index (χ4n) is 1.88. The molecule has 152 valence electrons. The van der Waals surface area contributed by atoms with Crippen LogP contribution in [0.25, 0.3) is 0 Å². The van der Waals surface area contributed by atoms with Gasteiger partial charge in [-0.3, -0.25) is 4.98 Å². The number of cyclic esters (lactones) is 1. The number of halogens is 2. The van der Waals surface area contributed by atoms with Gasteiger partial charge in [-0.2, -0.15) is 0 Å². The number of aromatic nitrogens is 1. The smallest absolute Gasteiger partial charge is 0.407 e. The molecule has 30 heavy (non-hydrogen) atoms. The minimum absolute atomic E-state index is 0.296. The zero-order valence-corrected chi connectivity index (χ0v) is 17.6. The third-order valence-corrected chi connectivity index (χ3v) is 3.70. The number of pyridine rings is 1. The zero-order chi connectivity index (χ0) is 22.0. The fourth-order valence-corrected chi connectivity index (χ4v) is 2.13. The van der Waals surface area contributed by atoms with Crippen molar-refractivity contribution in [3.05, 3.63) is 100 Å². The van der Waals surface area contributed by atoms with Crippen LogP contribution < -0.4 is 5.32 Å². The van der Waals surface area contributed by atoms with E-state index in [9.17, 15) is 4.79 Å². The molecule has 1 aliphatic rings. The van der Waals surface area contributed by atoms with Gasteiger partial charge >= 0.3 is 6.09 Å². The maximum Gasteiger partial charge on any atom is 0.407 e.